The van der Waals surface area contributed by atoms with Crippen molar-refractivity contribution in [3.05, 3.63) is 81.0 Å². The van der Waals surface area contributed by atoms with Crippen molar-refractivity contribution in [3.63, 3.8) is 0 Å². The van der Waals surface area contributed by atoms with Crippen LogP contribution >= 0.6 is 35.4 Å². The van der Waals surface area contributed by atoms with Crippen LogP contribution in [-0.4, -0.2) is 28.0 Å². The number of furan rings is 1. The van der Waals surface area contributed by atoms with E-state index in [0.717, 1.165) is 5.56 Å². The van der Waals surface area contributed by atoms with E-state index in [4.69, 9.17) is 44.9 Å². The average molecular weight is 501 g/mol. The number of nitrogens with zero attached hydrogens (tertiary/aromatic N) is 1. The fourth-order valence-electron chi connectivity index (χ4n) is 3.18. The van der Waals surface area contributed by atoms with E-state index in [2.05, 4.69) is 5.32 Å². The Kier molecular flexibility index (Phi) is 6.07. The maximum atomic E-state index is 13.1. The smallest absolute Gasteiger partial charge is 0.337 e. The summed E-state index contributed by atoms with van der Waals surface area (Å²) in [5, 5.41) is 12.1. The summed E-state index contributed by atoms with van der Waals surface area (Å²) >= 11 is 17.4. The molecular formula is C23H14Cl2N2O5S. The Bertz CT molecular complexity index is 1380. The number of carbonyl (C=O) groups excluding carboxylic acids is 2. The molecule has 0 atom stereocenters. The first-order valence-electron chi connectivity index (χ1n) is 9.46. The molecule has 1 fully saturated rings. The number of thiocarbonyl (C=S) groups is 1. The molecule has 2 amide bonds. The van der Waals surface area contributed by atoms with Crippen LogP contribution in [0, 0.1) is 6.92 Å². The molecule has 33 heavy (non-hydrogen) atoms. The van der Waals surface area contributed by atoms with Crippen molar-refractivity contribution < 1.29 is 23.9 Å². The predicted molar refractivity (Wildman–Crippen MR) is 129 cm³/mol. The molecule has 1 saturated heterocycles. The van der Waals surface area contributed by atoms with Crippen LogP contribution in [0.15, 0.2) is 58.5 Å². The highest BCUT2D eigenvalue weighted by Gasteiger charge is 2.35. The average Bonchev–Trinajstić information content (AvgIpc) is 3.22. The number of aromatic carboxylic acids is 1. The van der Waals surface area contributed by atoms with Gasteiger partial charge in [-0.1, -0.05) is 35.3 Å². The highest BCUT2D eigenvalue weighted by Crippen LogP contribution is 2.30. The van der Waals surface area contributed by atoms with Crippen LogP contribution in [0.5, 0.6) is 0 Å². The molecule has 0 radical (unpaired) electrons. The normalized spacial score (nSPS) is 15.2. The number of hydrogen-bond donors (Lipinski definition) is 2. The minimum absolute atomic E-state index is 0.0361. The van der Waals surface area contributed by atoms with Crippen LogP contribution in [0.2, 0.25) is 10.0 Å². The van der Waals surface area contributed by atoms with Crippen molar-refractivity contribution in [1.82, 2.24) is 5.32 Å². The van der Waals surface area contributed by atoms with Gasteiger partial charge in [0.05, 0.1) is 16.3 Å². The summed E-state index contributed by atoms with van der Waals surface area (Å²) in [6.45, 7) is 1.83. The number of nitrogens with one attached hydrogen (secondary N) is 1. The predicted octanol–water partition coefficient (Wildman–Crippen LogP) is 5.09. The number of carboxylic acids is 1. The van der Waals surface area contributed by atoms with Gasteiger partial charge in [0, 0.05) is 10.6 Å². The zero-order valence-corrected chi connectivity index (χ0v) is 19.2. The molecule has 4 rings (SSSR count). The Morgan fingerprint density at radius 3 is 2.52 bits per heavy atom. The zero-order valence-electron chi connectivity index (χ0n) is 16.9. The van der Waals surface area contributed by atoms with Gasteiger partial charge >= 0.3 is 5.97 Å². The first kappa shape index (κ1) is 22.7. The van der Waals surface area contributed by atoms with Crippen molar-refractivity contribution in [2.75, 3.05) is 4.90 Å². The van der Waals surface area contributed by atoms with Gasteiger partial charge in [0.2, 0.25) is 0 Å². The number of rotatable bonds is 4. The van der Waals surface area contributed by atoms with E-state index in [-0.39, 0.29) is 27.0 Å². The molecule has 3 aromatic rings. The molecule has 166 valence electrons. The number of amides is 2. The molecule has 0 unspecified atom stereocenters. The van der Waals surface area contributed by atoms with Gasteiger partial charge in [0.1, 0.15) is 17.1 Å². The molecule has 0 bridgehead atoms. The van der Waals surface area contributed by atoms with Gasteiger partial charge in [0.15, 0.2) is 5.11 Å². The minimum Gasteiger partial charge on any atom is -0.478 e. The van der Waals surface area contributed by atoms with Crippen molar-refractivity contribution in [2.45, 2.75) is 6.92 Å². The van der Waals surface area contributed by atoms with Crippen LogP contribution in [0.4, 0.5) is 5.69 Å². The van der Waals surface area contributed by atoms with Gasteiger partial charge in [0.25, 0.3) is 11.8 Å². The van der Waals surface area contributed by atoms with Crippen molar-refractivity contribution in [1.29, 1.82) is 0 Å². The van der Waals surface area contributed by atoms with Crippen LogP contribution in [0.3, 0.4) is 0 Å². The molecule has 0 aliphatic carbocycles. The van der Waals surface area contributed by atoms with Gasteiger partial charge in [-0.15, -0.1) is 0 Å². The topological polar surface area (TPSA) is 99.8 Å². The van der Waals surface area contributed by atoms with E-state index in [1.807, 2.05) is 6.92 Å². The summed E-state index contributed by atoms with van der Waals surface area (Å²) < 4.78 is 5.74. The van der Waals surface area contributed by atoms with Crippen LogP contribution in [0.25, 0.3) is 17.4 Å². The number of halogens is 2. The van der Waals surface area contributed by atoms with Gasteiger partial charge in [-0.2, -0.15) is 0 Å². The lowest BCUT2D eigenvalue weighted by molar-refractivity contribution is -0.122. The van der Waals surface area contributed by atoms with E-state index < -0.39 is 17.8 Å². The van der Waals surface area contributed by atoms with E-state index >= 15 is 0 Å². The zero-order chi connectivity index (χ0) is 23.9. The maximum Gasteiger partial charge on any atom is 0.337 e. The maximum absolute atomic E-state index is 13.1. The molecule has 0 saturated carbocycles. The van der Waals surface area contributed by atoms with Gasteiger partial charge in [-0.05, 0) is 67.2 Å². The standard InChI is InChI=1S/C23H14Cl2N2O5S/c1-11-2-4-13(9-17(11)24)27-21(29)16(20(28)26-23(27)33)10-14-5-7-19(32-14)12-3-6-15(22(30)31)18(25)8-12/h2-10H,1H3,(H,30,31)(H,26,28,33)/b16-10+. The number of carboxylic acid groups (broad SMARTS) is 1. The lowest BCUT2D eigenvalue weighted by atomic mass is 10.1. The Hall–Kier alpha value is -3.46. The molecule has 1 aromatic heterocycles. The molecule has 10 heteroatoms. The summed E-state index contributed by atoms with van der Waals surface area (Å²) in [6, 6.07) is 12.6. The van der Waals surface area contributed by atoms with Crippen LogP contribution in [-0.2, 0) is 9.59 Å². The summed E-state index contributed by atoms with van der Waals surface area (Å²) in [5.41, 5.74) is 1.56. The van der Waals surface area contributed by atoms with Gasteiger partial charge in [-0.3, -0.25) is 19.8 Å². The third-order valence-electron chi connectivity index (χ3n) is 4.91. The Labute approximate surface area is 203 Å². The number of carbonyl (C=O) groups is 3. The summed E-state index contributed by atoms with van der Waals surface area (Å²) in [5.74, 6) is -1.82. The molecular weight excluding hydrogens is 487 g/mol. The fraction of sp³-hybridized carbons (Fsp3) is 0.0435. The first-order valence-corrected chi connectivity index (χ1v) is 10.6. The van der Waals surface area contributed by atoms with E-state index in [1.54, 1.807) is 36.4 Å². The lowest BCUT2D eigenvalue weighted by Gasteiger charge is -2.29. The van der Waals surface area contributed by atoms with E-state index in [1.165, 1.54) is 23.1 Å². The second kappa shape index (κ2) is 8.82. The molecule has 0 spiro atoms. The second-order valence-electron chi connectivity index (χ2n) is 7.09. The fourth-order valence-corrected chi connectivity index (χ4v) is 3.90. The minimum atomic E-state index is -1.14. The van der Waals surface area contributed by atoms with Crippen LogP contribution < -0.4 is 10.2 Å². The molecule has 2 N–H and O–H groups in total. The quantitative estimate of drug-likeness (QED) is 0.294. The Morgan fingerprint density at radius 2 is 1.85 bits per heavy atom. The highest BCUT2D eigenvalue weighted by atomic mass is 35.5. The second-order valence-corrected chi connectivity index (χ2v) is 8.29. The Balaban J connectivity index is 1.66. The SMILES string of the molecule is Cc1ccc(N2C(=O)/C(=C/c3ccc(-c4ccc(C(=O)O)c(Cl)c4)o3)C(=O)NC2=S)cc1Cl. The van der Waals surface area contributed by atoms with Crippen molar-refractivity contribution >= 4 is 70.1 Å². The number of anilines is 1. The monoisotopic (exact) mass is 500 g/mol. The van der Waals surface area contributed by atoms with Gasteiger partial charge in [-0.25, -0.2) is 4.79 Å². The van der Waals surface area contributed by atoms with E-state index in [0.29, 0.717) is 22.0 Å². The summed E-state index contributed by atoms with van der Waals surface area (Å²) in [4.78, 5) is 37.9. The number of benzene rings is 2. The lowest BCUT2D eigenvalue weighted by Crippen LogP contribution is -2.54. The van der Waals surface area contributed by atoms with E-state index in [9.17, 15) is 14.4 Å². The molecule has 2 aromatic carbocycles. The van der Waals surface area contributed by atoms with Crippen LogP contribution in [0.1, 0.15) is 21.7 Å². The highest BCUT2D eigenvalue weighted by molar-refractivity contribution is 7.80. The molecule has 1 aliphatic heterocycles. The molecule has 7 nitrogen and oxygen atoms in total. The third-order valence-corrected chi connectivity index (χ3v) is 5.92. The summed E-state index contributed by atoms with van der Waals surface area (Å²) in [7, 11) is 0. The van der Waals surface area contributed by atoms with Crippen molar-refractivity contribution in [2.24, 2.45) is 0 Å². The van der Waals surface area contributed by atoms with Gasteiger partial charge < -0.3 is 9.52 Å². The third kappa shape index (κ3) is 4.41. The number of aryl methyl sites for hydroxylation is 1. The Morgan fingerprint density at radius 1 is 1.09 bits per heavy atom. The number of hydrogen-bond acceptors (Lipinski definition) is 5. The summed E-state index contributed by atoms with van der Waals surface area (Å²) in [6.07, 6.45) is 1.30. The van der Waals surface area contributed by atoms with Crippen molar-refractivity contribution in [3.8, 4) is 11.3 Å². The first-order chi connectivity index (χ1) is 15.7. The molecule has 1 aliphatic rings. The largest absolute Gasteiger partial charge is 0.478 e. The molecule has 2 heterocycles.